The Bertz CT molecular complexity index is 1510. The number of halogens is 27. The fourth-order valence-corrected chi connectivity index (χ4v) is 5.02. The molecule has 0 aromatic rings. The number of alkyl halides is 27. The van der Waals surface area contributed by atoms with Crippen molar-refractivity contribution in [1.29, 1.82) is 0 Å². The van der Waals surface area contributed by atoms with Crippen LogP contribution in [0.5, 0.6) is 0 Å². The van der Waals surface area contributed by atoms with Crippen LogP contribution in [0.1, 0.15) is 44.9 Å². The summed E-state index contributed by atoms with van der Waals surface area (Å²) in [5, 5.41) is 20.7. The topological polar surface area (TPSA) is 137 Å². The molecule has 0 radical (unpaired) electrons. The fraction of sp³-hybridized carbons (Fsp3) is 0.889. The summed E-state index contributed by atoms with van der Waals surface area (Å²) < 4.78 is 369. The van der Waals surface area contributed by atoms with Crippen LogP contribution in [-0.2, 0) is 4.74 Å². The molecule has 0 rings (SSSR count). The van der Waals surface area contributed by atoms with Gasteiger partial charge in [0.2, 0.25) is 0 Å². The largest absolute Gasteiger partial charge is 0.465 e. The van der Waals surface area contributed by atoms with E-state index in [0.29, 0.717) is 0 Å². The lowest BCUT2D eigenvalue weighted by Gasteiger charge is -2.44. The van der Waals surface area contributed by atoms with Crippen molar-refractivity contribution >= 4 is 18.3 Å². The minimum Gasteiger partial charge on any atom is -0.465 e. The van der Waals surface area contributed by atoms with Gasteiger partial charge in [-0.05, 0) is 31.6 Å². The number of nitrogens with one attached hydrogen (secondary N) is 3. The molecule has 1 atom stereocenters. The summed E-state index contributed by atoms with van der Waals surface area (Å²) in [7, 11) is 0. The molecule has 0 aromatic carbocycles. The van der Waals surface area contributed by atoms with E-state index >= 15 is 0 Å². The van der Waals surface area contributed by atoms with Gasteiger partial charge in [0.05, 0.1) is 5.54 Å². The average molecular weight is 1000 g/mol. The smallest absolute Gasteiger partial charge is 0.460 e. The van der Waals surface area contributed by atoms with E-state index in [2.05, 4.69) is 4.74 Å². The summed E-state index contributed by atoms with van der Waals surface area (Å²) in [5.41, 5.74) is -5.03. The zero-order valence-corrected chi connectivity index (χ0v) is 29.9. The number of hydrogen-bond donors (Lipinski definition) is 5. The Morgan fingerprint density at radius 3 is 1.16 bits per heavy atom. The van der Waals surface area contributed by atoms with Crippen molar-refractivity contribution in [3.63, 3.8) is 0 Å². The maximum Gasteiger partial charge on any atom is 0.460 e. The highest BCUT2D eigenvalue weighted by atomic mass is 19.4. The van der Waals surface area contributed by atoms with E-state index in [4.69, 9.17) is 10.2 Å². The van der Waals surface area contributed by atoms with Crippen LogP contribution in [0, 0.1) is 5.92 Å². The lowest BCUT2D eigenvalue weighted by molar-refractivity contribution is -0.403. The van der Waals surface area contributed by atoms with Crippen LogP contribution in [0.25, 0.3) is 0 Å². The Morgan fingerprint density at radius 1 is 0.460 bits per heavy atom. The molecule has 0 aromatic heterocycles. The van der Waals surface area contributed by atoms with Crippen molar-refractivity contribution in [3.05, 3.63) is 0 Å². The first-order chi connectivity index (χ1) is 27.5. The predicted octanol–water partition coefficient (Wildman–Crippen LogP) is 10.7. The molecule has 63 heavy (non-hydrogen) atoms. The van der Waals surface area contributed by atoms with E-state index in [0.717, 1.165) is 5.32 Å². The van der Waals surface area contributed by atoms with Crippen LogP contribution in [0.4, 0.5) is 133 Å². The van der Waals surface area contributed by atoms with Crippen molar-refractivity contribution in [2.75, 3.05) is 19.7 Å². The number of unbranched alkanes of at least 4 members (excludes halogenated alkanes) is 1. The average Bonchev–Trinajstić information content (AvgIpc) is 3.05. The molecular weight excluding hydrogens is 975 g/mol. The summed E-state index contributed by atoms with van der Waals surface area (Å²) >= 11 is 0. The summed E-state index contributed by atoms with van der Waals surface area (Å²) in [6, 6.07) is 0. The first-order valence-electron chi connectivity index (χ1n) is 16.0. The van der Waals surface area contributed by atoms with Gasteiger partial charge in [0, 0.05) is 25.9 Å². The minimum absolute atomic E-state index is 0.268. The first-order valence-corrected chi connectivity index (χ1v) is 16.0. The maximum absolute atomic E-state index is 14.9. The van der Waals surface area contributed by atoms with Gasteiger partial charge < -0.3 is 30.9 Å². The molecule has 0 saturated carbocycles. The van der Waals surface area contributed by atoms with Crippen LogP contribution in [0.15, 0.2) is 0 Å². The fourth-order valence-electron chi connectivity index (χ4n) is 5.02. The molecule has 0 heterocycles. The van der Waals surface area contributed by atoms with E-state index in [1.165, 1.54) is 0 Å². The molecule has 374 valence electrons. The summed E-state index contributed by atoms with van der Waals surface area (Å²) in [5.74, 6) is -70.5. The highest BCUT2D eigenvalue weighted by Crippen LogP contribution is 2.59. The molecule has 5 N–H and O–H groups in total. The lowest BCUT2D eigenvalue weighted by Crippen LogP contribution is -2.67. The van der Waals surface area contributed by atoms with Crippen LogP contribution >= 0.6 is 0 Å². The number of alkyl carbamates (subject to hydrolysis) is 1. The summed E-state index contributed by atoms with van der Waals surface area (Å²) in [6.45, 7) is -5.64. The molecule has 0 spiro atoms. The van der Waals surface area contributed by atoms with E-state index in [1.54, 1.807) is 5.32 Å². The normalized spacial score (nSPS) is 15.5. The minimum atomic E-state index is -8.01. The molecule has 0 saturated heterocycles. The number of hydrogen-bond acceptors (Lipinski definition) is 4. The van der Waals surface area contributed by atoms with Gasteiger partial charge in [-0.1, -0.05) is 6.42 Å². The Labute approximate surface area is 331 Å². The molecule has 3 amide bonds. The van der Waals surface area contributed by atoms with Gasteiger partial charge in [-0.15, -0.1) is 0 Å². The van der Waals surface area contributed by atoms with Crippen LogP contribution < -0.4 is 16.0 Å². The Kier molecular flexibility index (Phi) is 17.6. The second-order valence-electron chi connectivity index (χ2n) is 13.2. The van der Waals surface area contributed by atoms with Crippen LogP contribution in [-0.4, -0.2) is 126 Å². The van der Waals surface area contributed by atoms with E-state index in [1.807, 2.05) is 0 Å². The zero-order chi connectivity index (χ0) is 50.7. The van der Waals surface area contributed by atoms with Gasteiger partial charge in [-0.3, -0.25) is 0 Å². The number of rotatable bonds is 23. The monoisotopic (exact) mass is 1000 g/mol. The second kappa shape index (κ2) is 18.8. The Balaban J connectivity index is 7.36. The van der Waals surface area contributed by atoms with Crippen molar-refractivity contribution in [2.45, 2.75) is 122 Å². The quantitative estimate of drug-likeness (QED) is 0.0511. The Hall–Kier alpha value is -4.08. The third kappa shape index (κ3) is 12.8. The van der Waals surface area contributed by atoms with Crippen molar-refractivity contribution in [2.24, 2.45) is 5.92 Å². The van der Waals surface area contributed by atoms with Gasteiger partial charge in [0.1, 0.15) is 0 Å². The van der Waals surface area contributed by atoms with Crippen molar-refractivity contribution < 1.29 is 148 Å². The molecule has 0 aliphatic carbocycles. The highest BCUT2D eigenvalue weighted by molar-refractivity contribution is 5.67. The van der Waals surface area contributed by atoms with Gasteiger partial charge in [-0.25, -0.2) is 14.4 Å². The zero-order valence-electron chi connectivity index (χ0n) is 29.9. The van der Waals surface area contributed by atoms with Crippen LogP contribution in [0.3, 0.4) is 0 Å². The van der Waals surface area contributed by atoms with Crippen molar-refractivity contribution in [1.82, 2.24) is 16.0 Å². The molecule has 0 aliphatic heterocycles. The number of carbonyl (C=O) groups excluding carboxylic acids is 1. The molecule has 9 nitrogen and oxygen atoms in total. The van der Waals surface area contributed by atoms with Gasteiger partial charge in [-0.2, -0.15) is 119 Å². The third-order valence-corrected chi connectivity index (χ3v) is 8.39. The highest BCUT2D eigenvalue weighted by Gasteiger charge is 2.85. The molecular formula is C27H26F27N3O6. The number of ether oxygens (including phenoxy) is 1. The number of carbonyl (C=O) groups is 3. The maximum atomic E-state index is 14.9. The van der Waals surface area contributed by atoms with Gasteiger partial charge in [0.15, 0.2) is 6.61 Å². The summed E-state index contributed by atoms with van der Waals surface area (Å²) in [4.78, 5) is 34.0. The Morgan fingerprint density at radius 2 is 0.825 bits per heavy atom. The number of carboxylic acid groups (broad SMARTS) is 2. The van der Waals surface area contributed by atoms with Gasteiger partial charge >= 0.3 is 90.1 Å². The SMILES string of the molecule is O=C(O)NCCCCC(CCC(CC(F)(F)C(F)(F)C(F)(F)C(F)(F)F)(CC(F)(F)C(F)(F)C(F)(F)C(F)(F)F)NC(=O)O)CNC(=O)OCC(F)(F)C(F)(F)C(F)(F)C(F)(F)F. The standard InChI is InChI=1S/C27H26F27N3O6/c28-16(29,19(34,35)22(40,41)25(46,47)48)8-15(57-13(60)61,9-17(30,31)20(36,37)23(42,43)26(49,50)51)5-4-11(3-1-2-6-55-12(58)59)7-56-14(62)63-10-18(32,33)21(38,39)24(44,45)27(52,53)54/h11,55,57H,1-10H2,(H,56,62)(H,58,59)(H,60,61). The second-order valence-corrected chi connectivity index (χ2v) is 13.2. The predicted molar refractivity (Wildman–Crippen MR) is 148 cm³/mol. The third-order valence-electron chi connectivity index (χ3n) is 8.39. The molecule has 1 unspecified atom stereocenters. The molecule has 0 fully saturated rings. The molecule has 0 bridgehead atoms. The van der Waals surface area contributed by atoms with Crippen molar-refractivity contribution in [3.8, 4) is 0 Å². The van der Waals surface area contributed by atoms with E-state index in [-0.39, 0.29) is 5.32 Å². The summed E-state index contributed by atoms with van der Waals surface area (Å²) in [6.07, 6.45) is -45.2. The first kappa shape index (κ1) is 58.9. The lowest BCUT2D eigenvalue weighted by atomic mass is 9.76. The van der Waals surface area contributed by atoms with Gasteiger partial charge in [0.25, 0.3) is 0 Å². The molecule has 0 aliphatic rings. The molecule has 36 heteroatoms. The number of amides is 3. The van der Waals surface area contributed by atoms with E-state index in [9.17, 15) is 133 Å². The van der Waals surface area contributed by atoms with E-state index < -0.39 is 166 Å². The van der Waals surface area contributed by atoms with Crippen LogP contribution in [0.2, 0.25) is 0 Å².